The molecule has 0 amide bonds. The summed E-state index contributed by atoms with van der Waals surface area (Å²) < 4.78 is 0. The van der Waals surface area contributed by atoms with Crippen LogP contribution in [0, 0.1) is 6.92 Å². The van der Waals surface area contributed by atoms with E-state index in [4.69, 9.17) is 0 Å². The SMILES string of the molecule is Cc1[nH]c(=O)[nH]c1-c1nc(C(C)(C)C)c(O)c(C(C)(C)C)n1. The highest BCUT2D eigenvalue weighted by molar-refractivity contribution is 5.55. The van der Waals surface area contributed by atoms with Crippen molar-refractivity contribution in [3.63, 3.8) is 0 Å². The van der Waals surface area contributed by atoms with E-state index in [1.807, 2.05) is 41.5 Å². The second kappa shape index (κ2) is 4.97. The van der Waals surface area contributed by atoms with E-state index in [1.165, 1.54) is 0 Å². The predicted molar refractivity (Wildman–Crippen MR) is 86.2 cm³/mol. The number of nitrogens with zero attached hydrogens (tertiary/aromatic N) is 2. The van der Waals surface area contributed by atoms with Gasteiger partial charge in [-0.25, -0.2) is 14.8 Å². The largest absolute Gasteiger partial charge is 0.504 e. The van der Waals surface area contributed by atoms with Crippen molar-refractivity contribution < 1.29 is 5.11 Å². The standard InChI is InChI=1S/C16H24N4O2/c1-8-9(18-14(22)17-8)13-19-11(15(2,3)4)10(21)12(20-13)16(5,6)7/h21H,1-7H3,(H2,17,18,22). The Morgan fingerprint density at radius 2 is 1.36 bits per heavy atom. The number of nitrogens with one attached hydrogen (secondary N) is 2. The molecule has 0 aliphatic carbocycles. The Morgan fingerprint density at radius 3 is 1.68 bits per heavy atom. The third kappa shape index (κ3) is 2.91. The minimum Gasteiger partial charge on any atom is -0.504 e. The molecule has 6 heteroatoms. The lowest BCUT2D eigenvalue weighted by molar-refractivity contribution is 0.407. The first-order valence-electron chi connectivity index (χ1n) is 7.32. The molecule has 3 N–H and O–H groups in total. The van der Waals surface area contributed by atoms with E-state index in [0.717, 1.165) is 0 Å². The molecule has 0 fully saturated rings. The van der Waals surface area contributed by atoms with Crippen molar-refractivity contribution in [2.45, 2.75) is 59.3 Å². The van der Waals surface area contributed by atoms with Gasteiger partial charge in [0.2, 0.25) is 0 Å². The molecule has 0 aliphatic rings. The maximum Gasteiger partial charge on any atom is 0.323 e. The molecule has 0 aliphatic heterocycles. The van der Waals surface area contributed by atoms with E-state index >= 15 is 0 Å². The van der Waals surface area contributed by atoms with Crippen molar-refractivity contribution in [2.75, 3.05) is 0 Å². The maximum atomic E-state index is 11.5. The molecule has 2 aromatic rings. The Labute approximate surface area is 130 Å². The van der Waals surface area contributed by atoms with Crippen LogP contribution < -0.4 is 5.69 Å². The fraction of sp³-hybridized carbons (Fsp3) is 0.562. The summed E-state index contributed by atoms with van der Waals surface area (Å²) >= 11 is 0. The molecule has 0 radical (unpaired) electrons. The molecule has 6 nitrogen and oxygen atoms in total. The normalized spacial score (nSPS) is 12.7. The molecule has 0 atom stereocenters. The summed E-state index contributed by atoms with van der Waals surface area (Å²) in [6.45, 7) is 13.7. The van der Waals surface area contributed by atoms with Crippen LogP contribution >= 0.6 is 0 Å². The Balaban J connectivity index is 2.82. The predicted octanol–water partition coefficient (Wildman–Crippen LogP) is 2.77. The van der Waals surface area contributed by atoms with Gasteiger partial charge in [-0.1, -0.05) is 41.5 Å². The zero-order valence-electron chi connectivity index (χ0n) is 14.2. The number of aromatic hydroxyl groups is 1. The summed E-state index contributed by atoms with van der Waals surface area (Å²) in [5, 5.41) is 10.6. The summed E-state index contributed by atoms with van der Waals surface area (Å²) in [6, 6.07) is 0. The quantitative estimate of drug-likeness (QED) is 0.755. The van der Waals surface area contributed by atoms with E-state index in [1.54, 1.807) is 6.92 Å². The molecule has 0 unspecified atom stereocenters. The van der Waals surface area contributed by atoms with E-state index in [2.05, 4.69) is 19.9 Å². The Kier molecular flexibility index (Phi) is 3.67. The first-order chi connectivity index (χ1) is 9.91. The highest BCUT2D eigenvalue weighted by Gasteiger charge is 2.30. The second-order valence-corrected chi connectivity index (χ2v) is 7.67. The molecule has 2 rings (SSSR count). The molecule has 22 heavy (non-hydrogen) atoms. The van der Waals surface area contributed by atoms with Gasteiger partial charge in [-0.15, -0.1) is 0 Å². The zero-order valence-corrected chi connectivity index (χ0v) is 14.2. The zero-order chi connectivity index (χ0) is 16.9. The molecule has 0 aromatic carbocycles. The van der Waals surface area contributed by atoms with Crippen molar-refractivity contribution in [3.05, 3.63) is 27.6 Å². The van der Waals surface area contributed by atoms with Gasteiger partial charge in [-0.3, -0.25) is 0 Å². The fourth-order valence-electron chi connectivity index (χ4n) is 2.31. The smallest absolute Gasteiger partial charge is 0.323 e. The topological polar surface area (TPSA) is 94.7 Å². The van der Waals surface area contributed by atoms with Gasteiger partial charge in [-0.05, 0) is 6.92 Å². The minimum atomic E-state index is -0.341. The van der Waals surface area contributed by atoms with Crippen LogP contribution in [0.25, 0.3) is 11.5 Å². The number of hydrogen-bond acceptors (Lipinski definition) is 4. The minimum absolute atomic E-state index is 0.124. The number of rotatable bonds is 1. The molecule has 0 saturated heterocycles. The van der Waals surface area contributed by atoms with E-state index in [9.17, 15) is 9.90 Å². The average Bonchev–Trinajstić information content (AvgIpc) is 2.65. The van der Waals surface area contributed by atoms with Gasteiger partial charge in [0.05, 0.1) is 11.4 Å². The van der Waals surface area contributed by atoms with Crippen molar-refractivity contribution in [1.29, 1.82) is 0 Å². The average molecular weight is 304 g/mol. The summed E-state index contributed by atoms with van der Waals surface area (Å²) in [5.41, 5.74) is 1.40. The van der Waals surface area contributed by atoms with Gasteiger partial charge in [0.1, 0.15) is 5.69 Å². The fourth-order valence-corrected chi connectivity index (χ4v) is 2.31. The summed E-state index contributed by atoms with van der Waals surface area (Å²) in [4.78, 5) is 25.9. The molecule has 2 aromatic heterocycles. The Bertz CT molecular complexity index is 723. The van der Waals surface area contributed by atoms with Crippen LogP contribution in [0.1, 0.15) is 58.6 Å². The van der Waals surface area contributed by atoms with Crippen LogP contribution in [-0.4, -0.2) is 25.0 Å². The number of aryl methyl sites for hydroxylation is 1. The Morgan fingerprint density at radius 1 is 0.909 bits per heavy atom. The van der Waals surface area contributed by atoms with E-state index in [-0.39, 0.29) is 22.3 Å². The highest BCUT2D eigenvalue weighted by Crippen LogP contribution is 2.37. The highest BCUT2D eigenvalue weighted by atomic mass is 16.3. The number of aromatic amines is 2. The first-order valence-corrected chi connectivity index (χ1v) is 7.32. The lowest BCUT2D eigenvalue weighted by Crippen LogP contribution is -2.21. The van der Waals surface area contributed by atoms with Crippen molar-refractivity contribution >= 4 is 0 Å². The van der Waals surface area contributed by atoms with Crippen LogP contribution in [0.5, 0.6) is 5.75 Å². The lowest BCUT2D eigenvalue weighted by atomic mass is 9.85. The molecule has 2 heterocycles. The van der Waals surface area contributed by atoms with Gasteiger partial charge in [0.25, 0.3) is 0 Å². The van der Waals surface area contributed by atoms with Crippen molar-refractivity contribution in [2.24, 2.45) is 0 Å². The number of H-pyrrole nitrogens is 2. The van der Waals surface area contributed by atoms with Gasteiger partial charge >= 0.3 is 5.69 Å². The lowest BCUT2D eigenvalue weighted by Gasteiger charge is -2.25. The van der Waals surface area contributed by atoms with Crippen molar-refractivity contribution in [1.82, 2.24) is 19.9 Å². The van der Waals surface area contributed by atoms with Crippen molar-refractivity contribution in [3.8, 4) is 17.3 Å². The monoisotopic (exact) mass is 304 g/mol. The molecular weight excluding hydrogens is 280 g/mol. The molecule has 0 spiro atoms. The maximum absolute atomic E-state index is 11.5. The van der Waals surface area contributed by atoms with Crippen LogP contribution in [0.15, 0.2) is 4.79 Å². The second-order valence-electron chi connectivity index (χ2n) is 7.67. The molecular formula is C16H24N4O2. The van der Waals surface area contributed by atoms with Crippen LogP contribution in [0.4, 0.5) is 0 Å². The summed E-state index contributed by atoms with van der Waals surface area (Å²) in [6.07, 6.45) is 0. The third-order valence-electron chi connectivity index (χ3n) is 3.44. The van der Waals surface area contributed by atoms with Crippen LogP contribution in [0.3, 0.4) is 0 Å². The third-order valence-corrected chi connectivity index (χ3v) is 3.44. The number of aromatic nitrogens is 4. The molecule has 120 valence electrons. The summed E-state index contributed by atoms with van der Waals surface area (Å²) in [5.74, 6) is 0.544. The van der Waals surface area contributed by atoms with Crippen LogP contribution in [0.2, 0.25) is 0 Å². The summed E-state index contributed by atoms with van der Waals surface area (Å²) in [7, 11) is 0. The Hall–Kier alpha value is -2.11. The van der Waals surface area contributed by atoms with E-state index in [0.29, 0.717) is 28.6 Å². The number of imidazole rings is 1. The van der Waals surface area contributed by atoms with Crippen LogP contribution in [-0.2, 0) is 10.8 Å². The van der Waals surface area contributed by atoms with Gasteiger partial charge in [0, 0.05) is 16.5 Å². The van der Waals surface area contributed by atoms with Gasteiger partial charge in [-0.2, -0.15) is 0 Å². The molecule has 0 bridgehead atoms. The number of hydrogen-bond donors (Lipinski definition) is 3. The van der Waals surface area contributed by atoms with E-state index < -0.39 is 0 Å². The molecule has 0 saturated carbocycles. The first kappa shape index (κ1) is 16.3. The van der Waals surface area contributed by atoms with Gasteiger partial charge in [0.15, 0.2) is 11.6 Å². The van der Waals surface area contributed by atoms with Gasteiger partial charge < -0.3 is 15.1 Å².